The Morgan fingerprint density at radius 2 is 2.00 bits per heavy atom. The van der Waals surface area contributed by atoms with E-state index in [1.54, 1.807) is 0 Å². The highest BCUT2D eigenvalue weighted by Gasteiger charge is 2.26. The van der Waals surface area contributed by atoms with Crippen LogP contribution in [0.25, 0.3) is 0 Å². The number of rotatable bonds is 5. The number of nitrogens with zero attached hydrogens (tertiary/aromatic N) is 3. The van der Waals surface area contributed by atoms with Crippen molar-refractivity contribution in [1.29, 1.82) is 0 Å². The third-order valence-electron chi connectivity index (χ3n) is 4.47. The lowest BCUT2D eigenvalue weighted by Crippen LogP contribution is -2.15. The molecule has 2 unspecified atom stereocenters. The molecule has 1 fully saturated rings. The van der Waals surface area contributed by atoms with Gasteiger partial charge in [-0.2, -0.15) is 0 Å². The van der Waals surface area contributed by atoms with Gasteiger partial charge in [0.05, 0.1) is 11.0 Å². The van der Waals surface area contributed by atoms with Gasteiger partial charge in [-0.15, -0.1) is 10.2 Å². The summed E-state index contributed by atoms with van der Waals surface area (Å²) in [5, 5.41) is 9.18. The zero-order chi connectivity index (χ0) is 15.7. The van der Waals surface area contributed by atoms with Crippen LogP contribution in [0.3, 0.4) is 0 Å². The van der Waals surface area contributed by atoms with Gasteiger partial charge in [0.15, 0.2) is 0 Å². The number of aromatic nitrogens is 3. The van der Waals surface area contributed by atoms with E-state index in [9.17, 15) is 4.21 Å². The van der Waals surface area contributed by atoms with Gasteiger partial charge in [-0.25, -0.2) is 0 Å². The quantitative estimate of drug-likeness (QED) is 0.834. The molecule has 1 aromatic carbocycles. The Kier molecular flexibility index (Phi) is 4.64. The van der Waals surface area contributed by atoms with Crippen LogP contribution in [-0.4, -0.2) is 19.0 Å². The number of benzene rings is 1. The van der Waals surface area contributed by atoms with Crippen molar-refractivity contribution >= 4 is 22.4 Å². The highest BCUT2D eigenvalue weighted by atomic mass is 35.5. The minimum atomic E-state index is -1.03. The van der Waals surface area contributed by atoms with E-state index < -0.39 is 10.8 Å². The molecule has 4 nitrogen and oxygen atoms in total. The van der Waals surface area contributed by atoms with E-state index in [0.29, 0.717) is 16.7 Å². The van der Waals surface area contributed by atoms with Crippen molar-refractivity contribution in [3.05, 3.63) is 46.5 Å². The lowest BCUT2D eigenvalue weighted by Gasteiger charge is -2.24. The second kappa shape index (κ2) is 6.50. The molecule has 3 rings (SSSR count). The molecule has 1 heterocycles. The maximum absolute atomic E-state index is 12.6. The van der Waals surface area contributed by atoms with Gasteiger partial charge < -0.3 is 4.57 Å². The molecule has 0 amide bonds. The zero-order valence-electron chi connectivity index (χ0n) is 12.8. The van der Waals surface area contributed by atoms with Crippen LogP contribution < -0.4 is 0 Å². The summed E-state index contributed by atoms with van der Waals surface area (Å²) in [6.07, 6.45) is 3.65. The first-order chi connectivity index (χ1) is 10.6. The van der Waals surface area contributed by atoms with E-state index in [2.05, 4.69) is 10.2 Å². The van der Waals surface area contributed by atoms with Gasteiger partial charge in [0, 0.05) is 28.8 Å². The van der Waals surface area contributed by atoms with Crippen molar-refractivity contribution in [3.63, 3.8) is 0 Å². The zero-order valence-corrected chi connectivity index (χ0v) is 14.4. The minimum Gasteiger partial charge on any atom is -0.317 e. The summed E-state index contributed by atoms with van der Waals surface area (Å²) < 4.78 is 14.6. The fourth-order valence-electron chi connectivity index (χ4n) is 2.66. The third kappa shape index (κ3) is 3.10. The molecular formula is C16H20ClN3OS. The lowest BCUT2D eigenvalue weighted by molar-refractivity contribution is 0.391. The molecule has 0 radical (unpaired) electrons. The molecule has 0 N–H and O–H groups in total. The lowest BCUT2D eigenvalue weighted by atomic mass is 9.85. The molecule has 1 aliphatic carbocycles. The molecule has 22 heavy (non-hydrogen) atoms. The molecule has 1 saturated carbocycles. The Balaban J connectivity index is 1.71. The van der Waals surface area contributed by atoms with Crippen LogP contribution in [0.15, 0.2) is 24.3 Å². The maximum Gasteiger partial charge on any atom is 0.145 e. The summed E-state index contributed by atoms with van der Waals surface area (Å²) in [5.41, 5.74) is 1.03. The molecule has 1 aromatic heterocycles. The van der Waals surface area contributed by atoms with Crippen LogP contribution in [0.2, 0.25) is 5.02 Å². The van der Waals surface area contributed by atoms with Crippen molar-refractivity contribution < 1.29 is 4.21 Å². The molecule has 0 bridgehead atoms. The largest absolute Gasteiger partial charge is 0.317 e. The van der Waals surface area contributed by atoms with Gasteiger partial charge in [0.1, 0.15) is 11.6 Å². The number of halogens is 1. The standard InChI is InChI=1S/C16H20ClN3OS/c1-11(12-6-8-14(17)9-7-12)22(21)10-15-18-19-16(20(15)2)13-4-3-5-13/h6-9,11,13H,3-5,10H2,1-2H3. The smallest absolute Gasteiger partial charge is 0.145 e. The average Bonchev–Trinajstić information content (AvgIpc) is 2.79. The predicted octanol–water partition coefficient (Wildman–Crippen LogP) is 3.75. The predicted molar refractivity (Wildman–Crippen MR) is 89.3 cm³/mol. The first kappa shape index (κ1) is 15.7. The van der Waals surface area contributed by atoms with Gasteiger partial charge in [-0.05, 0) is 37.5 Å². The Bertz CT molecular complexity index is 679. The van der Waals surface area contributed by atoms with Crippen molar-refractivity contribution in [3.8, 4) is 0 Å². The second-order valence-electron chi connectivity index (χ2n) is 5.88. The van der Waals surface area contributed by atoms with E-state index in [0.717, 1.165) is 17.2 Å². The topological polar surface area (TPSA) is 47.8 Å². The molecule has 118 valence electrons. The monoisotopic (exact) mass is 337 g/mol. The molecule has 0 saturated heterocycles. The maximum atomic E-state index is 12.6. The summed E-state index contributed by atoms with van der Waals surface area (Å²) in [5.74, 6) is 2.81. The van der Waals surface area contributed by atoms with Crippen molar-refractivity contribution in [2.75, 3.05) is 0 Å². The molecule has 1 aliphatic rings. The number of hydrogen-bond donors (Lipinski definition) is 0. The number of hydrogen-bond acceptors (Lipinski definition) is 3. The third-order valence-corrected chi connectivity index (χ3v) is 6.33. The fourth-order valence-corrected chi connectivity index (χ4v) is 4.00. The summed E-state index contributed by atoms with van der Waals surface area (Å²) in [6.45, 7) is 1.97. The average molecular weight is 338 g/mol. The minimum absolute atomic E-state index is 0.0545. The fraction of sp³-hybridized carbons (Fsp3) is 0.500. The van der Waals surface area contributed by atoms with Crippen LogP contribution in [0.5, 0.6) is 0 Å². The molecular weight excluding hydrogens is 318 g/mol. The normalized spacial score (nSPS) is 18.0. The van der Waals surface area contributed by atoms with Crippen LogP contribution in [0.4, 0.5) is 0 Å². The molecule has 0 spiro atoms. The first-order valence-electron chi connectivity index (χ1n) is 7.57. The first-order valence-corrected chi connectivity index (χ1v) is 9.33. The highest BCUT2D eigenvalue weighted by Crippen LogP contribution is 2.35. The Morgan fingerprint density at radius 1 is 1.32 bits per heavy atom. The van der Waals surface area contributed by atoms with Crippen molar-refractivity contribution in [1.82, 2.24) is 14.8 Å². The van der Waals surface area contributed by atoms with Gasteiger partial charge in [-0.3, -0.25) is 4.21 Å². The summed E-state index contributed by atoms with van der Waals surface area (Å²) in [6, 6.07) is 7.53. The van der Waals surface area contributed by atoms with E-state index in [-0.39, 0.29) is 5.25 Å². The van der Waals surface area contributed by atoms with Gasteiger partial charge >= 0.3 is 0 Å². The summed E-state index contributed by atoms with van der Waals surface area (Å²) >= 11 is 5.90. The summed E-state index contributed by atoms with van der Waals surface area (Å²) in [7, 11) is 0.945. The van der Waals surface area contributed by atoms with Crippen molar-refractivity contribution in [2.24, 2.45) is 7.05 Å². The summed E-state index contributed by atoms with van der Waals surface area (Å²) in [4.78, 5) is 0. The Labute approximate surface area is 138 Å². The van der Waals surface area contributed by atoms with E-state index in [4.69, 9.17) is 11.6 Å². The van der Waals surface area contributed by atoms with E-state index in [1.807, 2.05) is 42.8 Å². The molecule has 2 atom stereocenters. The van der Waals surface area contributed by atoms with Gasteiger partial charge in [0.25, 0.3) is 0 Å². The van der Waals surface area contributed by atoms with E-state index >= 15 is 0 Å². The SMILES string of the molecule is CC(c1ccc(Cl)cc1)S(=O)Cc1nnc(C2CCC2)n1C. The van der Waals surface area contributed by atoms with Crippen LogP contribution in [0, 0.1) is 0 Å². The second-order valence-corrected chi connectivity index (χ2v) is 8.07. The van der Waals surface area contributed by atoms with Crippen LogP contribution in [-0.2, 0) is 23.6 Å². The highest BCUT2D eigenvalue weighted by molar-refractivity contribution is 7.84. The van der Waals surface area contributed by atoms with Crippen LogP contribution in [0.1, 0.15) is 54.6 Å². The molecule has 6 heteroatoms. The van der Waals surface area contributed by atoms with Gasteiger partial charge in [-0.1, -0.05) is 30.2 Å². The Hall–Kier alpha value is -1.20. The van der Waals surface area contributed by atoms with E-state index in [1.165, 1.54) is 19.3 Å². The van der Waals surface area contributed by atoms with Gasteiger partial charge in [0.2, 0.25) is 0 Å². The van der Waals surface area contributed by atoms with Crippen molar-refractivity contribution in [2.45, 2.75) is 43.1 Å². The molecule has 0 aliphatic heterocycles. The van der Waals surface area contributed by atoms with Crippen LogP contribution >= 0.6 is 11.6 Å². The Morgan fingerprint density at radius 3 is 2.59 bits per heavy atom. The molecule has 2 aromatic rings.